The molecule has 4 N–H and O–H groups in total. The molecular weight excluding hydrogens is 456 g/mol. The highest BCUT2D eigenvalue weighted by atomic mass is 16.6. The molecule has 0 aromatic heterocycles. The van der Waals surface area contributed by atoms with Crippen LogP contribution < -0.4 is 30.6 Å². The number of amides is 2. The summed E-state index contributed by atoms with van der Waals surface area (Å²) in [5.41, 5.74) is 5.79. The summed E-state index contributed by atoms with van der Waals surface area (Å²) in [5, 5.41) is 16.6. The van der Waals surface area contributed by atoms with E-state index in [4.69, 9.17) is 19.9 Å². The largest absolute Gasteiger partial charge is 0.497 e. The van der Waals surface area contributed by atoms with Crippen molar-refractivity contribution in [2.75, 3.05) is 38.0 Å². The minimum atomic E-state index is -0.640. The van der Waals surface area contributed by atoms with Crippen molar-refractivity contribution in [2.45, 2.75) is 0 Å². The van der Waals surface area contributed by atoms with Gasteiger partial charge in [-0.3, -0.25) is 19.7 Å². The minimum absolute atomic E-state index is 0.0257. The summed E-state index contributed by atoms with van der Waals surface area (Å²) in [7, 11) is 2.99. The van der Waals surface area contributed by atoms with E-state index in [1.165, 1.54) is 38.5 Å². The lowest BCUT2D eigenvalue weighted by molar-refractivity contribution is -0.384. The Bertz CT molecular complexity index is 1230. The van der Waals surface area contributed by atoms with E-state index in [-0.39, 0.29) is 41.4 Å². The molecule has 35 heavy (non-hydrogen) atoms. The smallest absolute Gasteiger partial charge is 0.271 e. The quantitative estimate of drug-likeness (QED) is 0.294. The van der Waals surface area contributed by atoms with Crippen LogP contribution in [0.25, 0.3) is 0 Å². The first kappa shape index (κ1) is 25.0. The molecule has 0 aliphatic rings. The molecule has 0 radical (unpaired) electrons. The van der Waals surface area contributed by atoms with Gasteiger partial charge in [0.1, 0.15) is 23.9 Å². The lowest BCUT2D eigenvalue weighted by Gasteiger charge is -2.15. The number of nitrogens with zero attached hydrogens (tertiary/aromatic N) is 1. The Balaban J connectivity index is 1.92. The maximum atomic E-state index is 13.1. The van der Waals surface area contributed by atoms with E-state index in [0.717, 1.165) is 6.07 Å². The molecule has 182 valence electrons. The summed E-state index contributed by atoms with van der Waals surface area (Å²) in [4.78, 5) is 36.8. The van der Waals surface area contributed by atoms with Crippen molar-refractivity contribution < 1.29 is 28.7 Å². The minimum Gasteiger partial charge on any atom is -0.497 e. The second kappa shape index (κ2) is 11.5. The van der Waals surface area contributed by atoms with Crippen molar-refractivity contribution in [3.05, 3.63) is 81.9 Å². The molecule has 0 bridgehead atoms. The molecule has 0 fully saturated rings. The van der Waals surface area contributed by atoms with Crippen LogP contribution in [0.15, 0.2) is 60.7 Å². The second-order valence-corrected chi connectivity index (χ2v) is 7.12. The van der Waals surface area contributed by atoms with Crippen LogP contribution in [0.4, 0.5) is 17.1 Å². The Morgan fingerprint density at radius 2 is 1.51 bits per heavy atom. The topological polar surface area (TPSA) is 155 Å². The molecule has 11 heteroatoms. The van der Waals surface area contributed by atoms with Gasteiger partial charge in [-0.1, -0.05) is 0 Å². The summed E-state index contributed by atoms with van der Waals surface area (Å²) in [6.45, 7) is 0.374. The first-order valence-corrected chi connectivity index (χ1v) is 10.4. The first-order chi connectivity index (χ1) is 16.9. The summed E-state index contributed by atoms with van der Waals surface area (Å²) < 4.78 is 15.8. The molecule has 3 aromatic carbocycles. The van der Waals surface area contributed by atoms with Crippen LogP contribution in [0.3, 0.4) is 0 Å². The molecule has 3 aromatic rings. The predicted molar refractivity (Wildman–Crippen MR) is 130 cm³/mol. The Morgan fingerprint density at radius 3 is 2.14 bits per heavy atom. The van der Waals surface area contributed by atoms with Crippen LogP contribution in [-0.4, -0.2) is 44.1 Å². The SMILES string of the molecule is COc1ccc(NC(=O)c2ccc([N+](=O)[O-])cc2NC(=O)c2ccc(OC)cc2OCCN)cc1. The fourth-order valence-electron chi connectivity index (χ4n) is 3.12. The van der Waals surface area contributed by atoms with Gasteiger partial charge in [-0.25, -0.2) is 0 Å². The van der Waals surface area contributed by atoms with Crippen molar-refractivity contribution >= 4 is 28.9 Å². The third kappa shape index (κ3) is 6.24. The number of rotatable bonds is 10. The van der Waals surface area contributed by atoms with Crippen molar-refractivity contribution in [3.63, 3.8) is 0 Å². The lowest BCUT2D eigenvalue weighted by atomic mass is 10.1. The van der Waals surface area contributed by atoms with Gasteiger partial charge >= 0.3 is 0 Å². The molecule has 0 saturated carbocycles. The van der Waals surface area contributed by atoms with Gasteiger partial charge in [0.15, 0.2) is 0 Å². The van der Waals surface area contributed by atoms with Crippen LogP contribution in [0.1, 0.15) is 20.7 Å². The highest BCUT2D eigenvalue weighted by Gasteiger charge is 2.21. The van der Waals surface area contributed by atoms with E-state index in [9.17, 15) is 19.7 Å². The zero-order valence-corrected chi connectivity index (χ0v) is 19.1. The maximum Gasteiger partial charge on any atom is 0.271 e. The average molecular weight is 480 g/mol. The first-order valence-electron chi connectivity index (χ1n) is 10.4. The third-order valence-electron chi connectivity index (χ3n) is 4.86. The molecule has 0 atom stereocenters. The lowest BCUT2D eigenvalue weighted by Crippen LogP contribution is -2.20. The number of methoxy groups -OCH3 is 2. The number of hydrogen-bond acceptors (Lipinski definition) is 8. The Labute approximate surface area is 200 Å². The zero-order valence-electron chi connectivity index (χ0n) is 19.1. The number of nitro groups is 1. The van der Waals surface area contributed by atoms with Crippen LogP contribution in [0.5, 0.6) is 17.2 Å². The van der Waals surface area contributed by atoms with Gasteiger partial charge in [-0.15, -0.1) is 0 Å². The summed E-state index contributed by atoms with van der Waals surface area (Å²) in [6, 6.07) is 14.7. The summed E-state index contributed by atoms with van der Waals surface area (Å²) >= 11 is 0. The number of benzene rings is 3. The maximum absolute atomic E-state index is 13.1. The number of ether oxygens (including phenoxy) is 3. The van der Waals surface area contributed by atoms with E-state index >= 15 is 0 Å². The van der Waals surface area contributed by atoms with Crippen LogP contribution in [0.2, 0.25) is 0 Å². The monoisotopic (exact) mass is 480 g/mol. The Morgan fingerprint density at radius 1 is 0.886 bits per heavy atom. The van der Waals surface area contributed by atoms with Gasteiger partial charge in [0.25, 0.3) is 17.5 Å². The molecule has 0 unspecified atom stereocenters. The Kier molecular flexibility index (Phi) is 8.20. The number of anilines is 2. The highest BCUT2D eigenvalue weighted by Crippen LogP contribution is 2.28. The molecule has 0 heterocycles. The molecule has 3 rings (SSSR count). The van der Waals surface area contributed by atoms with E-state index in [0.29, 0.717) is 17.2 Å². The van der Waals surface area contributed by atoms with Crippen LogP contribution in [0, 0.1) is 10.1 Å². The molecule has 0 aliphatic heterocycles. The predicted octanol–water partition coefficient (Wildman–Crippen LogP) is 3.45. The van der Waals surface area contributed by atoms with Crippen LogP contribution >= 0.6 is 0 Å². The average Bonchev–Trinajstić information content (AvgIpc) is 2.87. The van der Waals surface area contributed by atoms with Gasteiger partial charge in [0.05, 0.1) is 36.0 Å². The number of carbonyl (C=O) groups excluding carboxylic acids is 2. The van der Waals surface area contributed by atoms with Gasteiger partial charge in [0.2, 0.25) is 0 Å². The summed E-state index contributed by atoms with van der Waals surface area (Å²) in [5.74, 6) is 0.0669. The highest BCUT2D eigenvalue weighted by molar-refractivity contribution is 6.13. The zero-order chi connectivity index (χ0) is 25.4. The van der Waals surface area contributed by atoms with E-state index in [2.05, 4.69) is 10.6 Å². The molecular formula is C24H24N4O7. The number of carbonyl (C=O) groups is 2. The number of nitrogens with two attached hydrogens (primary N) is 1. The van der Waals surface area contributed by atoms with E-state index in [1.807, 2.05) is 0 Å². The molecule has 2 amide bonds. The molecule has 11 nitrogen and oxygen atoms in total. The standard InChI is InChI=1S/C24H24N4O7/c1-33-17-6-3-15(4-7-17)26-23(29)19-9-5-16(28(31)32)13-21(19)27-24(30)20-10-8-18(34-2)14-22(20)35-12-11-25/h3-10,13-14H,11-12,25H2,1-2H3,(H,26,29)(H,27,30). The van der Waals surface area contributed by atoms with Crippen molar-refractivity contribution in [1.29, 1.82) is 0 Å². The van der Waals surface area contributed by atoms with Gasteiger partial charge < -0.3 is 30.6 Å². The number of non-ortho nitro benzene ring substituents is 1. The van der Waals surface area contributed by atoms with Crippen molar-refractivity contribution in [3.8, 4) is 17.2 Å². The van der Waals surface area contributed by atoms with Crippen molar-refractivity contribution in [1.82, 2.24) is 0 Å². The molecule has 0 spiro atoms. The fraction of sp³-hybridized carbons (Fsp3) is 0.167. The van der Waals surface area contributed by atoms with E-state index in [1.54, 1.807) is 30.3 Å². The van der Waals surface area contributed by atoms with Gasteiger partial charge in [-0.05, 0) is 42.5 Å². The Hall–Kier alpha value is -4.64. The molecule has 0 aliphatic carbocycles. The third-order valence-corrected chi connectivity index (χ3v) is 4.86. The summed E-state index contributed by atoms with van der Waals surface area (Å²) in [6.07, 6.45) is 0. The van der Waals surface area contributed by atoms with Gasteiger partial charge in [0, 0.05) is 30.4 Å². The molecule has 0 saturated heterocycles. The fourth-order valence-corrected chi connectivity index (χ4v) is 3.12. The normalized spacial score (nSPS) is 10.3. The number of hydrogen-bond donors (Lipinski definition) is 3. The van der Waals surface area contributed by atoms with Gasteiger partial charge in [-0.2, -0.15) is 0 Å². The van der Waals surface area contributed by atoms with E-state index < -0.39 is 16.7 Å². The second-order valence-electron chi connectivity index (χ2n) is 7.12. The van der Waals surface area contributed by atoms with Crippen LogP contribution in [-0.2, 0) is 0 Å². The number of nitro benzene ring substituents is 1. The number of nitrogens with one attached hydrogen (secondary N) is 2. The van der Waals surface area contributed by atoms with Crippen molar-refractivity contribution in [2.24, 2.45) is 5.73 Å².